The molecule has 11 rings (SSSR count). The Bertz CT molecular complexity index is 3130. The van der Waals surface area contributed by atoms with E-state index in [9.17, 15) is 0 Å². The predicted molar refractivity (Wildman–Crippen MR) is 280 cm³/mol. The molecule has 0 radical (unpaired) electrons. The SMILES string of the molecule is CC.Cc1ccccc1-c1c(-c2cccc(-c3cccc4c5c6c(ccc5n(C/C=C(\N)c5ccc(-c7ccccc7)cc5)c34)C=CCC6)c2)cccc1C1CC1.NCc1ccccc1. The molecule has 0 unspecified atom stereocenters. The molecule has 322 valence electrons. The number of benzene rings is 8. The van der Waals surface area contributed by atoms with E-state index in [0.29, 0.717) is 19.0 Å². The van der Waals surface area contributed by atoms with E-state index in [-0.39, 0.29) is 0 Å². The van der Waals surface area contributed by atoms with Gasteiger partial charge in [0.25, 0.3) is 0 Å². The molecule has 9 aromatic rings. The van der Waals surface area contributed by atoms with E-state index < -0.39 is 0 Å². The maximum atomic E-state index is 6.88. The number of hydrogen-bond acceptors (Lipinski definition) is 2. The second kappa shape index (κ2) is 19.7. The van der Waals surface area contributed by atoms with Gasteiger partial charge < -0.3 is 16.0 Å². The van der Waals surface area contributed by atoms with E-state index in [1.165, 1.54) is 107 Å². The maximum Gasteiger partial charge on any atom is 0.0574 e. The molecule has 1 aromatic heterocycles. The van der Waals surface area contributed by atoms with Crippen LogP contribution in [0.5, 0.6) is 0 Å². The molecule has 3 heteroatoms. The zero-order valence-electron chi connectivity index (χ0n) is 38.0. The van der Waals surface area contributed by atoms with Crippen molar-refractivity contribution in [2.75, 3.05) is 0 Å². The summed E-state index contributed by atoms with van der Waals surface area (Å²) in [4.78, 5) is 0. The molecule has 2 aliphatic rings. The van der Waals surface area contributed by atoms with Crippen LogP contribution in [0.2, 0.25) is 0 Å². The van der Waals surface area contributed by atoms with Crippen molar-refractivity contribution >= 4 is 33.6 Å². The first-order valence-corrected chi connectivity index (χ1v) is 23.4. The summed E-state index contributed by atoms with van der Waals surface area (Å²) in [7, 11) is 0. The van der Waals surface area contributed by atoms with Crippen LogP contribution in [0.25, 0.3) is 78.1 Å². The van der Waals surface area contributed by atoms with E-state index in [4.69, 9.17) is 11.5 Å². The van der Waals surface area contributed by atoms with E-state index in [1.54, 1.807) is 0 Å². The highest BCUT2D eigenvalue weighted by atomic mass is 15.0. The lowest BCUT2D eigenvalue weighted by Crippen LogP contribution is -2.02. The van der Waals surface area contributed by atoms with Crippen LogP contribution in [-0.4, -0.2) is 4.57 Å². The van der Waals surface area contributed by atoms with Crippen LogP contribution < -0.4 is 11.5 Å². The van der Waals surface area contributed by atoms with Gasteiger partial charge in [-0.2, -0.15) is 0 Å². The lowest BCUT2D eigenvalue weighted by Gasteiger charge is -2.18. The third kappa shape index (κ3) is 8.98. The van der Waals surface area contributed by atoms with Crippen molar-refractivity contribution in [3.05, 3.63) is 228 Å². The minimum atomic E-state index is 0.640. The van der Waals surface area contributed by atoms with E-state index in [0.717, 1.165) is 24.1 Å². The Kier molecular flexibility index (Phi) is 13.0. The summed E-state index contributed by atoms with van der Waals surface area (Å²) in [6.07, 6.45) is 11.5. The summed E-state index contributed by atoms with van der Waals surface area (Å²) in [5, 5.41) is 2.67. The van der Waals surface area contributed by atoms with E-state index in [1.807, 2.05) is 44.2 Å². The first-order chi connectivity index (χ1) is 32.1. The van der Waals surface area contributed by atoms with Crippen LogP contribution in [0, 0.1) is 6.92 Å². The summed E-state index contributed by atoms with van der Waals surface area (Å²) >= 11 is 0. The molecule has 0 amide bonds. The quantitative estimate of drug-likeness (QED) is 0.152. The molecule has 0 bridgehead atoms. The number of nitrogens with two attached hydrogens (primary N) is 2. The minimum Gasteiger partial charge on any atom is -0.398 e. The van der Waals surface area contributed by atoms with Crippen molar-refractivity contribution in [3.8, 4) is 44.5 Å². The smallest absolute Gasteiger partial charge is 0.0574 e. The molecule has 2 aliphatic carbocycles. The summed E-state index contributed by atoms with van der Waals surface area (Å²) in [5.41, 5.74) is 33.5. The van der Waals surface area contributed by atoms with Gasteiger partial charge in [0.15, 0.2) is 0 Å². The fourth-order valence-corrected chi connectivity index (χ4v) is 9.58. The average molecular weight is 846 g/mol. The van der Waals surface area contributed by atoms with Crippen molar-refractivity contribution in [2.24, 2.45) is 11.5 Å². The Labute approximate surface area is 385 Å². The first kappa shape index (κ1) is 43.1. The lowest BCUT2D eigenvalue weighted by molar-refractivity contribution is 0.898. The third-order valence-electron chi connectivity index (χ3n) is 13.0. The number of rotatable bonds is 9. The molecule has 0 saturated heterocycles. The average Bonchev–Trinajstić information content (AvgIpc) is 4.18. The molecule has 1 fully saturated rings. The number of allylic oxidation sites excluding steroid dienone is 2. The van der Waals surface area contributed by atoms with Crippen LogP contribution in [0.15, 0.2) is 194 Å². The summed E-state index contributed by atoms with van der Waals surface area (Å²) in [6.45, 7) is 7.55. The number of aryl methyl sites for hydroxylation is 2. The summed E-state index contributed by atoms with van der Waals surface area (Å²) in [5.74, 6) is 0.644. The van der Waals surface area contributed by atoms with Gasteiger partial charge in [0.2, 0.25) is 0 Å². The molecule has 0 spiro atoms. The zero-order valence-corrected chi connectivity index (χ0v) is 38.0. The third-order valence-corrected chi connectivity index (χ3v) is 13.0. The van der Waals surface area contributed by atoms with Gasteiger partial charge in [0.1, 0.15) is 0 Å². The van der Waals surface area contributed by atoms with Gasteiger partial charge in [-0.05, 0) is 129 Å². The number of aromatic nitrogens is 1. The standard InChI is InChI=1S/C53H44N2.C7H9N.C2H6/c1-35-12-5-7-18-43(35)51-44(39-26-27-39)20-10-21-46(51)41-16-9-17-42(34-41)47-22-11-23-48-52-45-19-8-6-15-38(45)30-31-50(52)55(53(47)48)33-32-49(54)40-28-24-37(25-29-40)36-13-3-2-4-14-36;8-6-7-4-2-1-3-5-7;1-2/h2-7,9-18,20-25,28-32,34,39H,8,19,26-27,33,54H2,1H3;1-5H,6,8H2;1-2H3/b49-32-;;. The molecule has 8 aromatic carbocycles. The Hall–Kier alpha value is -7.20. The van der Waals surface area contributed by atoms with Crippen LogP contribution in [0.4, 0.5) is 0 Å². The lowest BCUT2D eigenvalue weighted by atomic mass is 9.86. The molecule has 4 N–H and O–H groups in total. The summed E-state index contributed by atoms with van der Waals surface area (Å²) in [6, 6.07) is 65.7. The second-order valence-electron chi connectivity index (χ2n) is 17.0. The molecular formula is C62H59N3. The van der Waals surface area contributed by atoms with Gasteiger partial charge in [-0.1, -0.05) is 196 Å². The topological polar surface area (TPSA) is 57.0 Å². The van der Waals surface area contributed by atoms with Gasteiger partial charge in [0.05, 0.1) is 5.52 Å². The van der Waals surface area contributed by atoms with E-state index >= 15 is 0 Å². The van der Waals surface area contributed by atoms with Gasteiger partial charge >= 0.3 is 0 Å². The largest absolute Gasteiger partial charge is 0.398 e. The highest BCUT2D eigenvalue weighted by molar-refractivity contribution is 6.15. The fraction of sp³-hybridized carbons (Fsp3) is 0.161. The highest BCUT2D eigenvalue weighted by Gasteiger charge is 2.28. The predicted octanol–water partition coefficient (Wildman–Crippen LogP) is 15.8. The number of hydrogen-bond donors (Lipinski definition) is 2. The number of fused-ring (bicyclic) bond motifs is 5. The Balaban J connectivity index is 0.000000479. The number of nitrogens with zero attached hydrogens (tertiary/aromatic N) is 1. The highest BCUT2D eigenvalue weighted by Crippen LogP contribution is 2.49. The van der Waals surface area contributed by atoms with Gasteiger partial charge in [0, 0.05) is 40.6 Å². The molecule has 3 nitrogen and oxygen atoms in total. The van der Waals surface area contributed by atoms with Crippen molar-refractivity contribution in [1.29, 1.82) is 0 Å². The first-order valence-electron chi connectivity index (χ1n) is 23.4. The molecule has 65 heavy (non-hydrogen) atoms. The van der Waals surface area contributed by atoms with Crippen LogP contribution in [0.1, 0.15) is 72.4 Å². The molecule has 1 saturated carbocycles. The van der Waals surface area contributed by atoms with Gasteiger partial charge in [-0.3, -0.25) is 0 Å². The fourth-order valence-electron chi connectivity index (χ4n) is 9.58. The van der Waals surface area contributed by atoms with Crippen LogP contribution in [0.3, 0.4) is 0 Å². The molecule has 1 heterocycles. The normalized spacial score (nSPS) is 13.1. The van der Waals surface area contributed by atoms with Crippen LogP contribution >= 0.6 is 0 Å². The molecular weight excluding hydrogens is 787 g/mol. The zero-order chi connectivity index (χ0) is 44.7. The van der Waals surface area contributed by atoms with Crippen molar-refractivity contribution in [1.82, 2.24) is 4.57 Å². The van der Waals surface area contributed by atoms with Gasteiger partial charge in [-0.25, -0.2) is 0 Å². The second-order valence-corrected chi connectivity index (χ2v) is 17.0. The van der Waals surface area contributed by atoms with Crippen LogP contribution in [-0.2, 0) is 19.5 Å². The van der Waals surface area contributed by atoms with Gasteiger partial charge in [-0.15, -0.1) is 0 Å². The monoisotopic (exact) mass is 845 g/mol. The molecule has 0 atom stereocenters. The number of para-hydroxylation sites is 1. The van der Waals surface area contributed by atoms with Crippen molar-refractivity contribution in [2.45, 2.75) is 65.5 Å². The Morgan fingerprint density at radius 2 is 1.26 bits per heavy atom. The Morgan fingerprint density at radius 1 is 0.631 bits per heavy atom. The minimum absolute atomic E-state index is 0.640. The van der Waals surface area contributed by atoms with Crippen molar-refractivity contribution < 1.29 is 0 Å². The maximum absolute atomic E-state index is 6.88. The molecule has 0 aliphatic heterocycles. The van der Waals surface area contributed by atoms with E-state index in [2.05, 4.69) is 181 Å². The summed E-state index contributed by atoms with van der Waals surface area (Å²) < 4.78 is 2.50. The van der Waals surface area contributed by atoms with Crippen molar-refractivity contribution in [3.63, 3.8) is 0 Å². The Morgan fingerprint density at radius 3 is 1.98 bits per heavy atom.